The summed E-state index contributed by atoms with van der Waals surface area (Å²) in [5.41, 5.74) is 4.26. The van der Waals surface area contributed by atoms with Gasteiger partial charge in [-0.05, 0) is 36.0 Å². The van der Waals surface area contributed by atoms with Crippen LogP contribution in [0.1, 0.15) is 38.3 Å². The van der Waals surface area contributed by atoms with E-state index in [0.717, 1.165) is 18.8 Å². The molecule has 0 saturated heterocycles. The van der Waals surface area contributed by atoms with Gasteiger partial charge in [-0.25, -0.2) is 0 Å². The van der Waals surface area contributed by atoms with E-state index in [4.69, 9.17) is 11.6 Å². The normalized spacial score (nSPS) is 11.6. The number of rotatable bonds is 4. The molecule has 0 unspecified atom stereocenters. The molecule has 0 saturated carbocycles. The zero-order valence-corrected chi connectivity index (χ0v) is 12.4. The molecule has 0 amide bonds. The Morgan fingerprint density at radius 2 is 1.88 bits per heavy atom. The minimum atomic E-state index is 0.220. The fourth-order valence-corrected chi connectivity index (χ4v) is 2.09. The van der Waals surface area contributed by atoms with Gasteiger partial charge in [0.25, 0.3) is 0 Å². The Kier molecular flexibility index (Phi) is 4.88. The number of nitrogens with zero attached hydrogens (tertiary/aromatic N) is 1. The van der Waals surface area contributed by atoms with Crippen molar-refractivity contribution >= 4 is 17.3 Å². The molecule has 0 aliphatic rings. The van der Waals surface area contributed by atoms with Crippen molar-refractivity contribution in [2.45, 2.75) is 39.5 Å². The van der Waals surface area contributed by atoms with Gasteiger partial charge in [-0.2, -0.15) is 0 Å². The average molecular weight is 254 g/mol. The summed E-state index contributed by atoms with van der Waals surface area (Å²) in [6.45, 7) is 9.94. The Labute approximate surface area is 111 Å². The van der Waals surface area contributed by atoms with Crippen molar-refractivity contribution in [1.29, 1.82) is 0 Å². The first-order valence-corrected chi connectivity index (χ1v) is 6.78. The molecule has 0 radical (unpaired) electrons. The predicted octanol–water partition coefficient (Wildman–Crippen LogP) is 4.36. The van der Waals surface area contributed by atoms with Gasteiger partial charge in [-0.3, -0.25) is 0 Å². The number of hydrogen-bond donors (Lipinski definition) is 0. The van der Waals surface area contributed by atoms with Crippen LogP contribution in [0.2, 0.25) is 0 Å². The number of anilines is 1. The highest BCUT2D eigenvalue weighted by Gasteiger charge is 2.15. The van der Waals surface area contributed by atoms with E-state index in [9.17, 15) is 0 Å². The molecular weight excluding hydrogens is 230 g/mol. The third-order valence-electron chi connectivity index (χ3n) is 3.10. The Morgan fingerprint density at radius 1 is 1.24 bits per heavy atom. The van der Waals surface area contributed by atoms with Crippen molar-refractivity contribution < 1.29 is 0 Å². The molecule has 0 fully saturated rings. The van der Waals surface area contributed by atoms with Crippen molar-refractivity contribution in [3.05, 3.63) is 29.3 Å². The fraction of sp³-hybridized carbons (Fsp3) is 0.600. The lowest BCUT2D eigenvalue weighted by molar-refractivity contribution is 0.589. The first kappa shape index (κ1) is 14.4. The van der Waals surface area contributed by atoms with Crippen molar-refractivity contribution in [3.63, 3.8) is 0 Å². The molecule has 0 aromatic heterocycles. The van der Waals surface area contributed by atoms with E-state index < -0.39 is 0 Å². The molecule has 96 valence electrons. The van der Waals surface area contributed by atoms with Crippen LogP contribution in [0.3, 0.4) is 0 Å². The molecule has 0 N–H and O–H groups in total. The molecular formula is C15H24ClN. The topological polar surface area (TPSA) is 3.24 Å². The monoisotopic (exact) mass is 253 g/mol. The minimum Gasteiger partial charge on any atom is -0.374 e. The molecule has 0 aliphatic heterocycles. The van der Waals surface area contributed by atoms with Gasteiger partial charge in [0, 0.05) is 25.2 Å². The molecule has 0 heterocycles. The summed E-state index contributed by atoms with van der Waals surface area (Å²) >= 11 is 5.73. The lowest BCUT2D eigenvalue weighted by Gasteiger charge is -2.25. The third-order valence-corrected chi connectivity index (χ3v) is 3.37. The zero-order valence-electron chi connectivity index (χ0n) is 11.7. The predicted molar refractivity (Wildman–Crippen MR) is 78.5 cm³/mol. The van der Waals surface area contributed by atoms with Gasteiger partial charge in [0.15, 0.2) is 0 Å². The maximum atomic E-state index is 5.73. The van der Waals surface area contributed by atoms with Gasteiger partial charge in [-0.15, -0.1) is 11.6 Å². The van der Waals surface area contributed by atoms with Crippen LogP contribution in [0.15, 0.2) is 18.2 Å². The van der Waals surface area contributed by atoms with E-state index in [0.29, 0.717) is 0 Å². The highest BCUT2D eigenvalue weighted by atomic mass is 35.5. The van der Waals surface area contributed by atoms with Crippen molar-refractivity contribution in [2.24, 2.45) is 0 Å². The van der Waals surface area contributed by atoms with E-state index in [-0.39, 0.29) is 5.41 Å². The third kappa shape index (κ3) is 3.92. The molecule has 0 spiro atoms. The first-order chi connectivity index (χ1) is 7.86. The Morgan fingerprint density at radius 3 is 2.35 bits per heavy atom. The van der Waals surface area contributed by atoms with Gasteiger partial charge >= 0.3 is 0 Å². The van der Waals surface area contributed by atoms with Gasteiger partial charge in [0.1, 0.15) is 0 Å². The second kappa shape index (κ2) is 5.77. The van der Waals surface area contributed by atoms with E-state index in [2.05, 4.69) is 57.8 Å². The summed E-state index contributed by atoms with van der Waals surface area (Å²) in [5, 5.41) is 0. The highest BCUT2D eigenvalue weighted by molar-refractivity contribution is 6.17. The number of alkyl halides is 1. The standard InChI is InChI=1S/C15H24ClN/c1-12-11-13(15(2,3)4)7-8-14(12)17(5)10-6-9-16/h7-8,11H,6,9-10H2,1-5H3. The summed E-state index contributed by atoms with van der Waals surface area (Å²) in [4.78, 5) is 2.28. The smallest absolute Gasteiger partial charge is 0.0393 e. The van der Waals surface area contributed by atoms with E-state index >= 15 is 0 Å². The lowest BCUT2D eigenvalue weighted by Crippen LogP contribution is -2.20. The summed E-state index contributed by atoms with van der Waals surface area (Å²) in [6, 6.07) is 6.76. The average Bonchev–Trinajstić information content (AvgIpc) is 2.24. The van der Waals surface area contributed by atoms with Crippen molar-refractivity contribution in [2.75, 3.05) is 24.4 Å². The number of benzene rings is 1. The number of hydrogen-bond acceptors (Lipinski definition) is 1. The molecule has 1 aromatic carbocycles. The molecule has 17 heavy (non-hydrogen) atoms. The Hall–Kier alpha value is -0.690. The second-order valence-corrected chi connectivity index (χ2v) is 6.09. The van der Waals surface area contributed by atoms with Crippen LogP contribution >= 0.6 is 11.6 Å². The molecule has 0 aliphatic carbocycles. The molecule has 2 heteroatoms. The summed E-state index contributed by atoms with van der Waals surface area (Å²) < 4.78 is 0. The lowest BCUT2D eigenvalue weighted by atomic mass is 9.86. The zero-order chi connectivity index (χ0) is 13.1. The van der Waals surface area contributed by atoms with Gasteiger partial charge in [-0.1, -0.05) is 32.9 Å². The van der Waals surface area contributed by atoms with Crippen LogP contribution in [0.5, 0.6) is 0 Å². The van der Waals surface area contributed by atoms with Crippen LogP contribution in [-0.4, -0.2) is 19.5 Å². The maximum Gasteiger partial charge on any atom is 0.0393 e. The molecule has 1 nitrogen and oxygen atoms in total. The van der Waals surface area contributed by atoms with Crippen molar-refractivity contribution in [3.8, 4) is 0 Å². The molecule has 0 atom stereocenters. The quantitative estimate of drug-likeness (QED) is 0.721. The minimum absolute atomic E-state index is 0.220. The summed E-state index contributed by atoms with van der Waals surface area (Å²) in [6.07, 6.45) is 1.03. The second-order valence-electron chi connectivity index (χ2n) is 5.72. The maximum absolute atomic E-state index is 5.73. The van der Waals surface area contributed by atoms with E-state index in [1.165, 1.54) is 16.8 Å². The Balaban J connectivity index is 2.90. The first-order valence-electron chi connectivity index (χ1n) is 6.24. The largest absolute Gasteiger partial charge is 0.374 e. The van der Waals surface area contributed by atoms with Crippen LogP contribution in [0.25, 0.3) is 0 Å². The SMILES string of the molecule is Cc1cc(C(C)(C)C)ccc1N(C)CCCCl. The van der Waals surface area contributed by atoms with Crippen molar-refractivity contribution in [1.82, 2.24) is 0 Å². The van der Waals surface area contributed by atoms with E-state index in [1.807, 2.05) is 0 Å². The summed E-state index contributed by atoms with van der Waals surface area (Å²) in [5.74, 6) is 0.726. The van der Waals surface area contributed by atoms with Gasteiger partial charge < -0.3 is 4.90 Å². The summed E-state index contributed by atoms with van der Waals surface area (Å²) in [7, 11) is 2.13. The molecule has 1 rings (SSSR count). The van der Waals surface area contributed by atoms with Crippen LogP contribution in [0, 0.1) is 6.92 Å². The number of halogens is 1. The van der Waals surface area contributed by atoms with Crippen LogP contribution in [-0.2, 0) is 5.41 Å². The molecule has 0 bridgehead atoms. The Bertz CT molecular complexity index is 366. The number of aryl methyl sites for hydroxylation is 1. The van der Waals surface area contributed by atoms with Gasteiger partial charge in [0.2, 0.25) is 0 Å². The molecule has 1 aromatic rings. The van der Waals surface area contributed by atoms with E-state index in [1.54, 1.807) is 0 Å². The van der Waals surface area contributed by atoms with Gasteiger partial charge in [0.05, 0.1) is 0 Å². The van der Waals surface area contributed by atoms with Crippen LogP contribution in [0.4, 0.5) is 5.69 Å². The highest BCUT2D eigenvalue weighted by Crippen LogP contribution is 2.27. The van der Waals surface area contributed by atoms with Crippen LogP contribution < -0.4 is 4.90 Å². The fourth-order valence-electron chi connectivity index (χ4n) is 1.97.